The molecule has 0 aliphatic heterocycles. The zero-order valence-corrected chi connectivity index (χ0v) is 14.1. The maximum absolute atomic E-state index is 12.0. The van der Waals surface area contributed by atoms with Gasteiger partial charge in [0.05, 0.1) is 12.1 Å². The fraction of sp³-hybridized carbons (Fsp3) is 0.294. The molecule has 0 bridgehead atoms. The molecule has 1 aromatic carbocycles. The number of anilines is 1. The maximum atomic E-state index is 12.0. The maximum Gasteiger partial charge on any atom is 0.263 e. The van der Waals surface area contributed by atoms with Gasteiger partial charge in [0, 0.05) is 12.3 Å². The molecule has 1 heterocycles. The van der Waals surface area contributed by atoms with E-state index in [-0.39, 0.29) is 18.4 Å². The summed E-state index contributed by atoms with van der Waals surface area (Å²) in [6.07, 6.45) is 1.47. The van der Waals surface area contributed by atoms with Gasteiger partial charge in [-0.3, -0.25) is 4.79 Å². The summed E-state index contributed by atoms with van der Waals surface area (Å²) in [6, 6.07) is 8.88. The first-order chi connectivity index (χ1) is 11.0. The third kappa shape index (κ3) is 4.86. The molecule has 0 aliphatic rings. The summed E-state index contributed by atoms with van der Waals surface area (Å²) >= 11 is 5.75. The zero-order chi connectivity index (χ0) is 16.8. The lowest BCUT2D eigenvalue weighted by Crippen LogP contribution is -2.21. The van der Waals surface area contributed by atoms with E-state index >= 15 is 0 Å². The topological polar surface area (TPSA) is 60.5 Å². The molecule has 2 aromatic rings. The third-order valence-electron chi connectivity index (χ3n) is 3.20. The van der Waals surface area contributed by atoms with Crippen molar-refractivity contribution in [2.45, 2.75) is 19.8 Å². The minimum atomic E-state index is -0.294. The van der Waals surface area contributed by atoms with Crippen molar-refractivity contribution in [2.24, 2.45) is 0 Å². The van der Waals surface area contributed by atoms with Gasteiger partial charge in [-0.05, 0) is 29.7 Å². The Morgan fingerprint density at radius 2 is 2.09 bits per heavy atom. The highest BCUT2D eigenvalue weighted by Gasteiger charge is 2.12. The summed E-state index contributed by atoms with van der Waals surface area (Å²) in [5.74, 6) is 1.73. The van der Waals surface area contributed by atoms with Crippen LogP contribution in [0.4, 0.5) is 5.82 Å². The second-order valence-corrected chi connectivity index (χ2v) is 5.69. The van der Waals surface area contributed by atoms with Crippen molar-refractivity contribution in [3.8, 4) is 11.5 Å². The summed E-state index contributed by atoms with van der Waals surface area (Å²) in [4.78, 5) is 16.0. The highest BCUT2D eigenvalue weighted by Crippen LogP contribution is 2.30. The first-order valence-corrected chi connectivity index (χ1v) is 7.59. The van der Waals surface area contributed by atoms with Crippen LogP contribution < -0.4 is 14.8 Å². The van der Waals surface area contributed by atoms with Crippen LogP contribution in [0, 0.1) is 0 Å². The van der Waals surface area contributed by atoms with Gasteiger partial charge in [0.1, 0.15) is 17.3 Å². The molecule has 1 aromatic heterocycles. The van der Waals surface area contributed by atoms with Crippen LogP contribution in [0.2, 0.25) is 5.02 Å². The van der Waals surface area contributed by atoms with E-state index in [0.717, 1.165) is 5.56 Å². The Bertz CT molecular complexity index is 672. The van der Waals surface area contributed by atoms with Gasteiger partial charge in [-0.1, -0.05) is 31.5 Å². The Morgan fingerprint density at radius 3 is 2.70 bits per heavy atom. The Morgan fingerprint density at radius 1 is 1.30 bits per heavy atom. The molecule has 0 unspecified atom stereocenters. The van der Waals surface area contributed by atoms with Crippen LogP contribution in [0.1, 0.15) is 25.3 Å². The van der Waals surface area contributed by atoms with Gasteiger partial charge < -0.3 is 14.8 Å². The molecular weight excluding hydrogens is 316 g/mol. The van der Waals surface area contributed by atoms with E-state index < -0.39 is 0 Å². The molecule has 23 heavy (non-hydrogen) atoms. The number of benzene rings is 1. The molecule has 0 fully saturated rings. The predicted molar refractivity (Wildman–Crippen MR) is 90.5 cm³/mol. The van der Waals surface area contributed by atoms with E-state index in [0.29, 0.717) is 22.3 Å². The van der Waals surface area contributed by atoms with Crippen molar-refractivity contribution < 1.29 is 14.3 Å². The number of methoxy groups -OCH3 is 1. The zero-order valence-electron chi connectivity index (χ0n) is 13.3. The fourth-order valence-electron chi connectivity index (χ4n) is 2.02. The second kappa shape index (κ2) is 7.83. The number of hydrogen-bond acceptors (Lipinski definition) is 4. The molecule has 0 spiro atoms. The van der Waals surface area contributed by atoms with Gasteiger partial charge in [0.2, 0.25) is 0 Å². The summed E-state index contributed by atoms with van der Waals surface area (Å²) in [5, 5.41) is 3.16. The summed E-state index contributed by atoms with van der Waals surface area (Å²) in [7, 11) is 1.59. The van der Waals surface area contributed by atoms with Crippen molar-refractivity contribution >= 4 is 23.3 Å². The van der Waals surface area contributed by atoms with Crippen molar-refractivity contribution in [3.05, 3.63) is 47.1 Å². The first-order valence-electron chi connectivity index (χ1n) is 7.21. The van der Waals surface area contributed by atoms with Crippen LogP contribution in [0.5, 0.6) is 11.5 Å². The van der Waals surface area contributed by atoms with Gasteiger partial charge in [0.15, 0.2) is 6.61 Å². The van der Waals surface area contributed by atoms with Gasteiger partial charge in [-0.15, -0.1) is 0 Å². The van der Waals surface area contributed by atoms with Gasteiger partial charge in [-0.2, -0.15) is 0 Å². The van der Waals surface area contributed by atoms with E-state index in [9.17, 15) is 4.79 Å². The predicted octanol–water partition coefficient (Wildman–Crippen LogP) is 3.88. The van der Waals surface area contributed by atoms with Crippen molar-refractivity contribution in [2.75, 3.05) is 19.0 Å². The van der Waals surface area contributed by atoms with Crippen LogP contribution >= 0.6 is 11.6 Å². The molecule has 0 atom stereocenters. The van der Waals surface area contributed by atoms with Crippen LogP contribution in [-0.2, 0) is 4.79 Å². The lowest BCUT2D eigenvalue weighted by atomic mass is 10.0. The largest absolute Gasteiger partial charge is 0.497 e. The first kappa shape index (κ1) is 17.1. The monoisotopic (exact) mass is 334 g/mol. The van der Waals surface area contributed by atoms with E-state index in [1.807, 2.05) is 12.1 Å². The number of aromatic nitrogens is 1. The number of ether oxygens (including phenoxy) is 2. The Labute approximate surface area is 140 Å². The highest BCUT2D eigenvalue weighted by molar-refractivity contribution is 6.30. The minimum absolute atomic E-state index is 0.114. The molecule has 1 N–H and O–H groups in total. The molecule has 122 valence electrons. The molecule has 0 saturated heterocycles. The number of pyridine rings is 1. The summed E-state index contributed by atoms with van der Waals surface area (Å²) in [5.41, 5.74) is 1.02. The molecule has 0 radical (unpaired) electrons. The molecule has 1 amide bonds. The van der Waals surface area contributed by atoms with Crippen LogP contribution in [0.3, 0.4) is 0 Å². The van der Waals surface area contributed by atoms with Crippen molar-refractivity contribution in [1.82, 2.24) is 4.98 Å². The lowest BCUT2D eigenvalue weighted by molar-refractivity contribution is -0.118. The van der Waals surface area contributed by atoms with E-state index in [1.165, 1.54) is 6.20 Å². The van der Waals surface area contributed by atoms with E-state index in [4.69, 9.17) is 21.1 Å². The van der Waals surface area contributed by atoms with Gasteiger partial charge in [0.25, 0.3) is 5.91 Å². The standard InChI is InChI=1S/C17H19ClN2O3/c1-11(2)14-6-5-13(22-3)8-15(14)23-10-17(21)20-16-7-4-12(18)9-19-16/h4-9,11H,10H2,1-3H3,(H,19,20,21). The van der Waals surface area contributed by atoms with Crippen molar-refractivity contribution in [1.29, 1.82) is 0 Å². The number of nitrogens with zero attached hydrogens (tertiary/aromatic N) is 1. The van der Waals surface area contributed by atoms with Crippen LogP contribution in [0.25, 0.3) is 0 Å². The van der Waals surface area contributed by atoms with E-state index in [1.54, 1.807) is 25.3 Å². The van der Waals surface area contributed by atoms with Crippen molar-refractivity contribution in [3.63, 3.8) is 0 Å². The number of nitrogens with one attached hydrogen (secondary N) is 1. The molecule has 0 saturated carbocycles. The number of halogens is 1. The smallest absolute Gasteiger partial charge is 0.263 e. The average Bonchev–Trinajstić information content (AvgIpc) is 2.54. The number of carbonyl (C=O) groups excluding carboxylic acids is 1. The number of hydrogen-bond donors (Lipinski definition) is 1. The third-order valence-corrected chi connectivity index (χ3v) is 3.42. The second-order valence-electron chi connectivity index (χ2n) is 5.26. The average molecular weight is 335 g/mol. The summed E-state index contributed by atoms with van der Waals surface area (Å²) in [6.45, 7) is 4.01. The molecule has 0 aliphatic carbocycles. The fourth-order valence-corrected chi connectivity index (χ4v) is 2.13. The molecule has 6 heteroatoms. The van der Waals surface area contributed by atoms with Crippen LogP contribution in [0.15, 0.2) is 36.5 Å². The summed E-state index contributed by atoms with van der Waals surface area (Å²) < 4.78 is 10.9. The number of amides is 1. The van der Waals surface area contributed by atoms with Gasteiger partial charge in [-0.25, -0.2) is 4.98 Å². The normalized spacial score (nSPS) is 10.5. The van der Waals surface area contributed by atoms with E-state index in [2.05, 4.69) is 24.1 Å². The minimum Gasteiger partial charge on any atom is -0.497 e. The highest BCUT2D eigenvalue weighted by atomic mass is 35.5. The molecule has 5 nitrogen and oxygen atoms in total. The molecular formula is C17H19ClN2O3. The van der Waals surface area contributed by atoms with Gasteiger partial charge >= 0.3 is 0 Å². The Hall–Kier alpha value is -2.27. The lowest BCUT2D eigenvalue weighted by Gasteiger charge is -2.15. The quantitative estimate of drug-likeness (QED) is 0.870. The number of rotatable bonds is 6. The molecule has 2 rings (SSSR count). The number of carbonyl (C=O) groups is 1. The Balaban J connectivity index is 2.01. The Kier molecular flexibility index (Phi) is 5.82. The van der Waals surface area contributed by atoms with Crippen LogP contribution in [-0.4, -0.2) is 24.6 Å². The SMILES string of the molecule is COc1ccc(C(C)C)c(OCC(=O)Nc2ccc(Cl)cn2)c1.